The first-order valence-electron chi connectivity index (χ1n) is 9.12. The first-order chi connectivity index (χ1) is 16.2. The van der Waals surface area contributed by atoms with Gasteiger partial charge in [0.25, 0.3) is 7.46 Å². The molecule has 0 fully saturated rings. The Labute approximate surface area is 219 Å². The summed E-state index contributed by atoms with van der Waals surface area (Å²) in [6.07, 6.45) is 2.01. The van der Waals surface area contributed by atoms with Crippen LogP contribution in [0.4, 0.5) is 26.3 Å². The lowest BCUT2D eigenvalue weighted by Crippen LogP contribution is -2.40. The maximum atomic E-state index is 13.3. The van der Waals surface area contributed by atoms with Crippen LogP contribution in [0.3, 0.4) is 0 Å². The highest BCUT2D eigenvalue weighted by Crippen LogP contribution is 2.41. The van der Waals surface area contributed by atoms with Crippen molar-refractivity contribution in [1.29, 1.82) is 0 Å². The van der Waals surface area contributed by atoms with Crippen LogP contribution in [0.15, 0.2) is 36.4 Å². The molecule has 0 saturated heterocycles. The average Bonchev–Trinajstić information content (AvgIpc) is 3.41. The number of rotatable bonds is 4. The van der Waals surface area contributed by atoms with E-state index in [0.29, 0.717) is 0 Å². The van der Waals surface area contributed by atoms with Crippen molar-refractivity contribution in [3.05, 3.63) is 47.5 Å². The van der Waals surface area contributed by atoms with Gasteiger partial charge >= 0.3 is 12.4 Å². The Balaban J connectivity index is 1.84. The number of terminal acetylenes is 2. The van der Waals surface area contributed by atoms with E-state index in [-0.39, 0.29) is 22.1 Å². The number of nitrogens with zero attached hydrogens (tertiary/aromatic N) is 6. The highest BCUT2D eigenvalue weighted by Gasteiger charge is 2.44. The van der Waals surface area contributed by atoms with Gasteiger partial charge in [0.15, 0.2) is 0 Å². The van der Waals surface area contributed by atoms with Gasteiger partial charge in [-0.25, -0.2) is 0 Å². The Morgan fingerprint density at radius 1 is 0.714 bits per heavy atom. The number of aromatic nitrogens is 6. The molecule has 7 nitrogen and oxygen atoms in total. The summed E-state index contributed by atoms with van der Waals surface area (Å²) in [5, 5.41) is 15.3. The first-order valence-corrected chi connectivity index (χ1v) is 11.3. The predicted molar refractivity (Wildman–Crippen MR) is 128 cm³/mol. The third-order valence-corrected chi connectivity index (χ3v) is 6.69. The molecule has 0 bridgehead atoms. The minimum absolute atomic E-state index is 0.0821. The lowest BCUT2D eigenvalue weighted by molar-refractivity contribution is -0.138. The Morgan fingerprint density at radius 3 is 1.40 bits per heavy atom. The number of halogens is 8. The highest BCUT2D eigenvalue weighted by molar-refractivity contribution is 14.1. The largest absolute Gasteiger partial charge is 0.416 e. The van der Waals surface area contributed by atoms with Gasteiger partial charge in [-0.15, -0.1) is 23.0 Å². The van der Waals surface area contributed by atoms with Gasteiger partial charge in [-0.3, -0.25) is 4.74 Å². The molecule has 0 aliphatic rings. The van der Waals surface area contributed by atoms with Crippen molar-refractivity contribution in [3.63, 3.8) is 0 Å². The molecular weight excluding hydrogens is 708 g/mol. The number of benzene rings is 2. The Bertz CT molecular complexity index is 1420. The van der Waals surface area contributed by atoms with E-state index in [0.717, 1.165) is 45.8 Å². The Hall–Kier alpha value is -2.64. The monoisotopic (exact) mass is 716 g/mol. The van der Waals surface area contributed by atoms with Crippen LogP contribution in [-0.4, -0.2) is 30.0 Å². The van der Waals surface area contributed by atoms with E-state index in [1.54, 1.807) is 45.2 Å². The second-order valence-electron chi connectivity index (χ2n) is 6.92. The zero-order valence-electron chi connectivity index (χ0n) is 16.7. The minimum Gasteiger partial charge on any atom is -0.286 e. The zero-order chi connectivity index (χ0) is 25.8. The fraction of sp³-hybridized carbons (Fsp3) is 0.200. The van der Waals surface area contributed by atoms with Gasteiger partial charge in [0.05, 0.1) is 22.2 Å². The maximum absolute atomic E-state index is 13.3. The quantitative estimate of drug-likeness (QED) is 0.124. The summed E-state index contributed by atoms with van der Waals surface area (Å²) < 4.78 is 83.3. The van der Waals surface area contributed by atoms with Crippen LogP contribution in [0.1, 0.15) is 11.1 Å². The third-order valence-electron chi connectivity index (χ3n) is 4.72. The van der Waals surface area contributed by atoms with Gasteiger partial charge in [-0.1, -0.05) is 10.4 Å². The zero-order valence-corrected chi connectivity index (χ0v) is 21.0. The van der Waals surface area contributed by atoms with Crippen LogP contribution >= 0.6 is 45.2 Å². The standard InChI is InChI=1S/C20H8F6I2N6O/c1-3-17(27,33-15-9-11(19(21,22)23)5-7-13(15)29-31-33)35-18(28,4-2)34-16-10-12(20(24,25)26)6-8-14(16)30-32-34/h1-2,5-10H. The van der Waals surface area contributed by atoms with Crippen molar-refractivity contribution in [1.82, 2.24) is 30.0 Å². The second kappa shape index (κ2) is 8.49. The molecule has 0 saturated carbocycles. The Kier molecular flexibility index (Phi) is 6.17. The third kappa shape index (κ3) is 4.52. The van der Waals surface area contributed by atoms with E-state index in [4.69, 9.17) is 17.6 Å². The summed E-state index contributed by atoms with van der Waals surface area (Å²) >= 11 is 3.16. The molecule has 2 heterocycles. The van der Waals surface area contributed by atoms with Crippen molar-refractivity contribution >= 4 is 67.2 Å². The SMILES string of the molecule is C#CC(I)(OC(I)(C#C)n1nnc2ccc(C(F)(F)F)cc21)n1nnc2ccc(C(F)(F)F)cc21. The van der Waals surface area contributed by atoms with Crippen LogP contribution in [0.2, 0.25) is 0 Å². The predicted octanol–water partition coefficient (Wildman–Crippen LogP) is 5.29. The van der Waals surface area contributed by atoms with Gasteiger partial charge in [-0.05, 0) is 93.4 Å². The minimum atomic E-state index is -4.66. The van der Waals surface area contributed by atoms with Crippen molar-refractivity contribution in [2.45, 2.75) is 19.8 Å². The van der Waals surface area contributed by atoms with E-state index in [1.165, 1.54) is 0 Å². The fourth-order valence-electron chi connectivity index (χ4n) is 3.06. The van der Waals surface area contributed by atoms with Crippen LogP contribution < -0.4 is 0 Å². The van der Waals surface area contributed by atoms with Crippen molar-refractivity contribution in [2.24, 2.45) is 0 Å². The summed E-state index contributed by atoms with van der Waals surface area (Å²) in [6, 6.07) is 5.45. The second-order valence-corrected chi connectivity index (χ2v) is 9.84. The number of fused-ring (bicyclic) bond motifs is 2. The van der Waals surface area contributed by atoms with Crippen molar-refractivity contribution < 1.29 is 31.1 Å². The van der Waals surface area contributed by atoms with Gasteiger partial charge < -0.3 is 0 Å². The van der Waals surface area contributed by atoms with Crippen LogP contribution in [0.5, 0.6) is 0 Å². The topological polar surface area (TPSA) is 70.7 Å². The number of alkyl halides is 8. The fourth-order valence-corrected chi connectivity index (χ4v) is 4.83. The molecule has 2 atom stereocenters. The normalized spacial score (nSPS) is 15.9. The van der Waals surface area contributed by atoms with Crippen LogP contribution in [0, 0.1) is 24.7 Å². The number of ether oxygens (including phenoxy) is 1. The lowest BCUT2D eigenvalue weighted by Gasteiger charge is -2.31. The summed E-state index contributed by atoms with van der Waals surface area (Å²) in [7, 11) is 0. The molecule has 2 aromatic heterocycles. The molecule has 0 N–H and O–H groups in total. The molecule has 0 aliphatic carbocycles. The van der Waals surface area contributed by atoms with Crippen LogP contribution in [-0.2, 0) is 24.6 Å². The molecule has 15 heteroatoms. The van der Waals surface area contributed by atoms with Gasteiger partial charge in [0.1, 0.15) is 11.0 Å². The van der Waals surface area contributed by atoms with E-state index < -0.39 is 30.9 Å². The molecule has 35 heavy (non-hydrogen) atoms. The van der Waals surface area contributed by atoms with E-state index in [2.05, 4.69) is 32.5 Å². The van der Waals surface area contributed by atoms with E-state index in [1.807, 2.05) is 0 Å². The van der Waals surface area contributed by atoms with Crippen molar-refractivity contribution in [2.75, 3.05) is 0 Å². The summed E-state index contributed by atoms with van der Waals surface area (Å²) in [5.74, 6) is 4.54. The molecule has 4 aromatic rings. The summed E-state index contributed by atoms with van der Waals surface area (Å²) in [6.45, 7) is 0. The lowest BCUT2D eigenvalue weighted by atomic mass is 10.2. The molecule has 2 unspecified atom stereocenters. The molecule has 4 rings (SSSR count). The average molecular weight is 716 g/mol. The van der Waals surface area contributed by atoms with E-state index in [9.17, 15) is 26.3 Å². The first kappa shape index (κ1) is 25.5. The van der Waals surface area contributed by atoms with Crippen molar-refractivity contribution in [3.8, 4) is 24.7 Å². The number of hydrogen-bond acceptors (Lipinski definition) is 5. The molecule has 0 amide bonds. The summed E-state index contributed by atoms with van der Waals surface area (Å²) in [5.41, 5.74) is -2.04. The van der Waals surface area contributed by atoms with E-state index >= 15 is 0 Å². The highest BCUT2D eigenvalue weighted by atomic mass is 127. The molecule has 180 valence electrons. The number of hydrogen-bond donors (Lipinski definition) is 0. The molecular formula is C20H8F6I2N6O. The van der Waals surface area contributed by atoms with Gasteiger partial charge in [-0.2, -0.15) is 35.7 Å². The molecule has 0 aliphatic heterocycles. The Morgan fingerprint density at radius 2 is 1.09 bits per heavy atom. The smallest absolute Gasteiger partial charge is 0.286 e. The van der Waals surface area contributed by atoms with Crippen LogP contribution in [0.25, 0.3) is 22.1 Å². The summed E-state index contributed by atoms with van der Waals surface area (Å²) in [4.78, 5) is 0. The van der Waals surface area contributed by atoms with Gasteiger partial charge in [0, 0.05) is 0 Å². The molecule has 0 radical (unpaired) electrons. The molecule has 2 aromatic carbocycles. The molecule has 0 spiro atoms. The van der Waals surface area contributed by atoms with Gasteiger partial charge in [0.2, 0.25) is 0 Å². The maximum Gasteiger partial charge on any atom is 0.416 e.